The van der Waals surface area contributed by atoms with Gasteiger partial charge in [0.2, 0.25) is 0 Å². The first-order valence-corrected chi connectivity index (χ1v) is 4.44. The molecule has 1 fully saturated rings. The van der Waals surface area contributed by atoms with E-state index < -0.39 is 0 Å². The van der Waals surface area contributed by atoms with Crippen LogP contribution >= 0.6 is 0 Å². The normalized spacial score (nSPS) is 33.3. The molecule has 2 atom stereocenters. The fraction of sp³-hybridized carbons (Fsp3) is 0.455. The van der Waals surface area contributed by atoms with Crippen LogP contribution in [0.15, 0.2) is 30.3 Å². The Morgan fingerprint density at radius 2 is 2.08 bits per heavy atom. The molecule has 0 heterocycles. The Balaban J connectivity index is 2.23. The molecule has 64 valence electrons. The first-order valence-electron chi connectivity index (χ1n) is 4.44. The highest BCUT2D eigenvalue weighted by atomic mass is 16.3. The van der Waals surface area contributed by atoms with E-state index in [4.69, 9.17) is 5.11 Å². The van der Waals surface area contributed by atoms with Crippen LogP contribution in [0, 0.1) is 5.92 Å². The highest BCUT2D eigenvalue weighted by Crippen LogP contribution is 2.53. The minimum Gasteiger partial charge on any atom is -0.396 e. The second-order valence-corrected chi connectivity index (χ2v) is 3.87. The molecule has 0 unspecified atom stereocenters. The largest absolute Gasteiger partial charge is 0.396 e. The van der Waals surface area contributed by atoms with Gasteiger partial charge in [0.05, 0.1) is 0 Å². The maximum atomic E-state index is 9.00. The van der Waals surface area contributed by atoms with E-state index in [-0.39, 0.29) is 5.41 Å². The Morgan fingerprint density at radius 3 is 2.58 bits per heavy atom. The molecule has 0 bridgehead atoms. The van der Waals surface area contributed by atoms with Gasteiger partial charge in [0.1, 0.15) is 0 Å². The van der Waals surface area contributed by atoms with E-state index in [1.54, 1.807) is 0 Å². The lowest BCUT2D eigenvalue weighted by molar-refractivity contribution is 0.265. The standard InChI is InChI=1S/C11H14O/c1-11(7-10(11)8-12)9-5-3-2-4-6-9/h2-6,10,12H,7-8H2,1H3/t10-,11+/m1/s1. The topological polar surface area (TPSA) is 20.2 Å². The van der Waals surface area contributed by atoms with Gasteiger partial charge < -0.3 is 5.11 Å². The molecule has 0 radical (unpaired) electrons. The maximum Gasteiger partial charge on any atom is 0.0468 e. The molecule has 1 aromatic rings. The van der Waals surface area contributed by atoms with Gasteiger partial charge in [-0.1, -0.05) is 37.3 Å². The predicted octanol–water partition coefficient (Wildman–Crippen LogP) is 1.96. The fourth-order valence-electron chi connectivity index (χ4n) is 1.89. The molecule has 1 aromatic carbocycles. The van der Waals surface area contributed by atoms with E-state index in [0.717, 1.165) is 6.42 Å². The SMILES string of the molecule is C[C@@]1(c2ccccc2)C[C@@H]1CO. The van der Waals surface area contributed by atoms with E-state index in [2.05, 4.69) is 31.2 Å². The summed E-state index contributed by atoms with van der Waals surface area (Å²) in [5.74, 6) is 0.486. The summed E-state index contributed by atoms with van der Waals surface area (Å²) >= 11 is 0. The lowest BCUT2D eigenvalue weighted by Crippen LogP contribution is -2.05. The number of aliphatic hydroxyl groups excluding tert-OH is 1. The number of hydrogen-bond donors (Lipinski definition) is 1. The van der Waals surface area contributed by atoms with Gasteiger partial charge in [0.15, 0.2) is 0 Å². The molecule has 12 heavy (non-hydrogen) atoms. The lowest BCUT2D eigenvalue weighted by atomic mass is 9.96. The van der Waals surface area contributed by atoms with Crippen molar-refractivity contribution < 1.29 is 5.11 Å². The lowest BCUT2D eigenvalue weighted by Gasteiger charge is -2.09. The molecule has 1 aliphatic carbocycles. The Bertz CT molecular complexity index is 268. The van der Waals surface area contributed by atoms with Crippen molar-refractivity contribution >= 4 is 0 Å². The fourth-order valence-corrected chi connectivity index (χ4v) is 1.89. The summed E-state index contributed by atoms with van der Waals surface area (Å²) in [5, 5.41) is 9.00. The van der Waals surface area contributed by atoms with E-state index in [9.17, 15) is 0 Å². The molecule has 0 saturated heterocycles. The molecule has 0 amide bonds. The molecule has 0 aliphatic heterocycles. The van der Waals surface area contributed by atoms with Crippen molar-refractivity contribution in [1.29, 1.82) is 0 Å². The summed E-state index contributed by atoms with van der Waals surface area (Å²) < 4.78 is 0. The average Bonchev–Trinajstić information content (AvgIpc) is 2.81. The summed E-state index contributed by atoms with van der Waals surface area (Å²) in [5.41, 5.74) is 1.62. The molecule has 1 nitrogen and oxygen atoms in total. The van der Waals surface area contributed by atoms with Crippen LogP contribution in [-0.2, 0) is 5.41 Å². The van der Waals surface area contributed by atoms with Crippen molar-refractivity contribution in [1.82, 2.24) is 0 Å². The summed E-state index contributed by atoms with van der Waals surface area (Å²) in [6, 6.07) is 10.5. The molecule has 1 aliphatic rings. The van der Waals surface area contributed by atoms with Crippen LogP contribution in [0.1, 0.15) is 18.9 Å². The summed E-state index contributed by atoms with van der Waals surface area (Å²) in [6.45, 7) is 2.55. The number of aliphatic hydroxyl groups is 1. The number of hydrogen-bond acceptors (Lipinski definition) is 1. The number of rotatable bonds is 2. The minimum atomic E-state index is 0.260. The zero-order chi connectivity index (χ0) is 8.60. The van der Waals surface area contributed by atoms with Gasteiger partial charge in [-0.2, -0.15) is 0 Å². The van der Waals surface area contributed by atoms with Gasteiger partial charge >= 0.3 is 0 Å². The van der Waals surface area contributed by atoms with Gasteiger partial charge in [0, 0.05) is 6.61 Å². The molecule has 0 spiro atoms. The first-order chi connectivity index (χ1) is 5.77. The highest BCUT2D eigenvalue weighted by molar-refractivity contribution is 5.32. The van der Waals surface area contributed by atoms with E-state index in [1.807, 2.05) is 6.07 Å². The third kappa shape index (κ3) is 1.05. The minimum absolute atomic E-state index is 0.260. The van der Waals surface area contributed by atoms with Gasteiger partial charge in [-0.05, 0) is 23.3 Å². The average molecular weight is 162 g/mol. The Hall–Kier alpha value is -0.820. The summed E-state index contributed by atoms with van der Waals surface area (Å²) in [7, 11) is 0. The molecule has 1 heteroatoms. The Labute approximate surface area is 73.0 Å². The second kappa shape index (κ2) is 2.60. The van der Waals surface area contributed by atoms with Gasteiger partial charge in [-0.25, -0.2) is 0 Å². The van der Waals surface area contributed by atoms with E-state index >= 15 is 0 Å². The monoisotopic (exact) mass is 162 g/mol. The van der Waals surface area contributed by atoms with Crippen molar-refractivity contribution in [3.63, 3.8) is 0 Å². The zero-order valence-corrected chi connectivity index (χ0v) is 7.33. The van der Waals surface area contributed by atoms with Crippen LogP contribution in [0.25, 0.3) is 0 Å². The molecule has 1 saturated carbocycles. The van der Waals surface area contributed by atoms with Gasteiger partial charge in [-0.15, -0.1) is 0 Å². The van der Waals surface area contributed by atoms with Crippen LogP contribution in [0.4, 0.5) is 0 Å². The van der Waals surface area contributed by atoms with Crippen molar-refractivity contribution in [3.8, 4) is 0 Å². The second-order valence-electron chi connectivity index (χ2n) is 3.87. The van der Waals surface area contributed by atoms with Gasteiger partial charge in [-0.3, -0.25) is 0 Å². The third-order valence-corrected chi connectivity index (χ3v) is 3.06. The maximum absolute atomic E-state index is 9.00. The molecular weight excluding hydrogens is 148 g/mol. The molecule has 0 aromatic heterocycles. The van der Waals surface area contributed by atoms with Crippen LogP contribution in [0.5, 0.6) is 0 Å². The van der Waals surface area contributed by atoms with E-state index in [0.29, 0.717) is 12.5 Å². The van der Waals surface area contributed by atoms with Crippen molar-refractivity contribution in [2.45, 2.75) is 18.8 Å². The first kappa shape index (κ1) is 7.81. The molecule has 1 N–H and O–H groups in total. The predicted molar refractivity (Wildman–Crippen MR) is 49.0 cm³/mol. The van der Waals surface area contributed by atoms with Crippen LogP contribution in [0.3, 0.4) is 0 Å². The van der Waals surface area contributed by atoms with Gasteiger partial charge in [0.25, 0.3) is 0 Å². The van der Waals surface area contributed by atoms with Crippen molar-refractivity contribution in [2.75, 3.05) is 6.61 Å². The van der Waals surface area contributed by atoms with Crippen LogP contribution in [-0.4, -0.2) is 11.7 Å². The Morgan fingerprint density at radius 1 is 1.42 bits per heavy atom. The van der Waals surface area contributed by atoms with Crippen molar-refractivity contribution in [3.05, 3.63) is 35.9 Å². The van der Waals surface area contributed by atoms with Crippen LogP contribution < -0.4 is 0 Å². The van der Waals surface area contributed by atoms with Crippen LogP contribution in [0.2, 0.25) is 0 Å². The quantitative estimate of drug-likeness (QED) is 0.704. The van der Waals surface area contributed by atoms with E-state index in [1.165, 1.54) is 5.56 Å². The smallest absolute Gasteiger partial charge is 0.0468 e. The Kier molecular flexibility index (Phi) is 1.69. The molecule has 2 rings (SSSR count). The highest BCUT2D eigenvalue weighted by Gasteiger charge is 2.50. The zero-order valence-electron chi connectivity index (χ0n) is 7.33. The third-order valence-electron chi connectivity index (χ3n) is 3.06. The number of benzene rings is 1. The summed E-state index contributed by atoms with van der Waals surface area (Å²) in [6.07, 6.45) is 1.13. The summed E-state index contributed by atoms with van der Waals surface area (Å²) in [4.78, 5) is 0. The van der Waals surface area contributed by atoms with Crippen molar-refractivity contribution in [2.24, 2.45) is 5.92 Å². The molecular formula is C11H14O.